The summed E-state index contributed by atoms with van der Waals surface area (Å²) in [4.78, 5) is 10.7. The van der Waals surface area contributed by atoms with Crippen LogP contribution in [0.25, 0.3) is 0 Å². The third-order valence-corrected chi connectivity index (χ3v) is 2.05. The third-order valence-electron chi connectivity index (χ3n) is 1.41. The van der Waals surface area contributed by atoms with E-state index in [-0.39, 0.29) is 11.0 Å². The van der Waals surface area contributed by atoms with Crippen molar-refractivity contribution in [2.75, 3.05) is 5.32 Å². The van der Waals surface area contributed by atoms with Gasteiger partial charge in [0.25, 0.3) is 0 Å². The summed E-state index contributed by atoms with van der Waals surface area (Å²) in [6, 6.07) is 4.92. The first kappa shape index (κ1) is 12.2. The second-order valence-corrected chi connectivity index (χ2v) is 4.07. The first-order valence-corrected chi connectivity index (χ1v) is 5.18. The van der Waals surface area contributed by atoms with Crippen LogP contribution in [0.3, 0.4) is 0 Å². The molecule has 0 aliphatic heterocycles. The molecule has 0 aromatic heterocycles. The van der Waals surface area contributed by atoms with Crippen LogP contribution in [-0.2, 0) is 4.79 Å². The van der Waals surface area contributed by atoms with Crippen molar-refractivity contribution in [1.82, 2.24) is 5.32 Å². The lowest BCUT2D eigenvalue weighted by atomic mass is 10.3. The number of nitrogens with one attached hydrogen (secondary N) is 2. The molecule has 0 saturated carbocycles. The molecule has 0 unspecified atom stereocenters. The Balaban J connectivity index is 2.72. The van der Waals surface area contributed by atoms with Crippen LogP contribution in [0, 0.1) is 0 Å². The monoisotopic (exact) mass is 262 g/mol. The van der Waals surface area contributed by atoms with E-state index in [1.54, 1.807) is 18.2 Å². The Bertz CT molecular complexity index is 389. The van der Waals surface area contributed by atoms with Crippen LogP contribution in [-0.4, -0.2) is 11.0 Å². The lowest BCUT2D eigenvalue weighted by Crippen LogP contribution is -2.32. The van der Waals surface area contributed by atoms with Gasteiger partial charge >= 0.3 is 0 Å². The molecule has 0 atom stereocenters. The van der Waals surface area contributed by atoms with Crippen molar-refractivity contribution in [3.63, 3.8) is 0 Å². The Morgan fingerprint density at radius 1 is 1.27 bits per heavy atom. The quantitative estimate of drug-likeness (QED) is 0.765. The second-order valence-electron chi connectivity index (χ2n) is 2.79. The molecular formula is C9H8Cl2N2OS. The van der Waals surface area contributed by atoms with E-state index in [1.807, 2.05) is 0 Å². The van der Waals surface area contributed by atoms with E-state index < -0.39 is 0 Å². The van der Waals surface area contributed by atoms with Crippen molar-refractivity contribution in [3.8, 4) is 0 Å². The van der Waals surface area contributed by atoms with Gasteiger partial charge in [-0.05, 0) is 30.4 Å². The Morgan fingerprint density at radius 3 is 2.27 bits per heavy atom. The topological polar surface area (TPSA) is 41.1 Å². The van der Waals surface area contributed by atoms with Crippen molar-refractivity contribution in [1.29, 1.82) is 0 Å². The SMILES string of the molecule is CC(=O)NC(=S)Nc1cc(Cl)cc(Cl)c1. The Labute approximate surface area is 103 Å². The van der Waals surface area contributed by atoms with Crippen molar-refractivity contribution < 1.29 is 4.79 Å². The Morgan fingerprint density at radius 2 is 1.80 bits per heavy atom. The Hall–Kier alpha value is -0.840. The molecule has 1 rings (SSSR count). The number of hydrogen-bond acceptors (Lipinski definition) is 2. The van der Waals surface area contributed by atoms with Gasteiger partial charge in [0.2, 0.25) is 5.91 Å². The summed E-state index contributed by atoms with van der Waals surface area (Å²) in [6.45, 7) is 1.37. The summed E-state index contributed by atoms with van der Waals surface area (Å²) < 4.78 is 0. The first-order valence-electron chi connectivity index (χ1n) is 4.02. The van der Waals surface area contributed by atoms with Gasteiger partial charge in [0, 0.05) is 22.7 Å². The van der Waals surface area contributed by atoms with Gasteiger partial charge in [-0.15, -0.1) is 0 Å². The van der Waals surface area contributed by atoms with Gasteiger partial charge in [0.1, 0.15) is 0 Å². The minimum Gasteiger partial charge on any atom is -0.332 e. The van der Waals surface area contributed by atoms with E-state index >= 15 is 0 Å². The van der Waals surface area contributed by atoms with E-state index in [4.69, 9.17) is 35.4 Å². The highest BCUT2D eigenvalue weighted by molar-refractivity contribution is 7.80. The average molecular weight is 263 g/mol. The second kappa shape index (κ2) is 5.30. The molecule has 0 fully saturated rings. The van der Waals surface area contributed by atoms with Gasteiger partial charge in [-0.1, -0.05) is 23.2 Å². The minimum absolute atomic E-state index is 0.209. The van der Waals surface area contributed by atoms with E-state index in [1.165, 1.54) is 6.92 Å². The smallest absolute Gasteiger partial charge is 0.222 e. The molecule has 0 bridgehead atoms. The van der Waals surface area contributed by atoms with Crippen molar-refractivity contribution >= 4 is 52.1 Å². The van der Waals surface area contributed by atoms with E-state index in [0.717, 1.165) is 0 Å². The van der Waals surface area contributed by atoms with Gasteiger partial charge < -0.3 is 10.6 Å². The summed E-state index contributed by atoms with van der Waals surface area (Å²) >= 11 is 16.4. The van der Waals surface area contributed by atoms with Gasteiger partial charge in [-0.3, -0.25) is 4.79 Å². The molecule has 0 spiro atoms. The van der Waals surface area contributed by atoms with Gasteiger partial charge in [0.15, 0.2) is 5.11 Å². The molecular weight excluding hydrogens is 255 g/mol. The van der Waals surface area contributed by atoms with Crippen LogP contribution >= 0.6 is 35.4 Å². The number of benzene rings is 1. The molecule has 0 aliphatic rings. The molecule has 1 amide bonds. The largest absolute Gasteiger partial charge is 0.332 e. The number of halogens is 2. The van der Waals surface area contributed by atoms with Crippen LogP contribution in [0.15, 0.2) is 18.2 Å². The lowest BCUT2D eigenvalue weighted by molar-refractivity contribution is -0.117. The number of amides is 1. The summed E-state index contributed by atoms with van der Waals surface area (Å²) in [5, 5.41) is 6.41. The molecule has 0 aliphatic carbocycles. The zero-order valence-corrected chi connectivity index (χ0v) is 10.1. The van der Waals surface area contributed by atoms with Crippen LogP contribution in [0.2, 0.25) is 10.0 Å². The van der Waals surface area contributed by atoms with Gasteiger partial charge in [-0.2, -0.15) is 0 Å². The number of rotatable bonds is 1. The maximum atomic E-state index is 10.7. The Kier molecular flexibility index (Phi) is 4.32. The normalized spacial score (nSPS) is 9.53. The third kappa shape index (κ3) is 4.46. The first-order chi connectivity index (χ1) is 6.97. The van der Waals surface area contributed by atoms with E-state index in [2.05, 4.69) is 10.6 Å². The van der Waals surface area contributed by atoms with Gasteiger partial charge in [-0.25, -0.2) is 0 Å². The molecule has 1 aromatic carbocycles. The standard InChI is InChI=1S/C9H8Cl2N2OS/c1-5(14)12-9(15)13-8-3-6(10)2-7(11)4-8/h2-4H,1H3,(H2,12,13,14,15). The highest BCUT2D eigenvalue weighted by Crippen LogP contribution is 2.22. The van der Waals surface area contributed by atoms with Crippen LogP contribution in [0.5, 0.6) is 0 Å². The maximum absolute atomic E-state index is 10.7. The van der Waals surface area contributed by atoms with E-state index in [0.29, 0.717) is 15.7 Å². The summed E-state index contributed by atoms with van der Waals surface area (Å²) in [5.41, 5.74) is 0.631. The van der Waals surface area contributed by atoms with Crippen LogP contribution in [0.4, 0.5) is 5.69 Å². The number of carbonyl (C=O) groups is 1. The zero-order chi connectivity index (χ0) is 11.4. The zero-order valence-electron chi connectivity index (χ0n) is 7.80. The van der Waals surface area contributed by atoms with Crippen molar-refractivity contribution in [2.24, 2.45) is 0 Å². The maximum Gasteiger partial charge on any atom is 0.222 e. The molecule has 0 heterocycles. The number of carbonyl (C=O) groups excluding carboxylic acids is 1. The highest BCUT2D eigenvalue weighted by atomic mass is 35.5. The average Bonchev–Trinajstić information content (AvgIpc) is 1.98. The molecule has 2 N–H and O–H groups in total. The number of anilines is 1. The molecule has 3 nitrogen and oxygen atoms in total. The summed E-state index contributed by atoms with van der Waals surface area (Å²) in [5.74, 6) is -0.236. The molecule has 1 aromatic rings. The fraction of sp³-hybridized carbons (Fsp3) is 0.111. The summed E-state index contributed by atoms with van der Waals surface area (Å²) in [7, 11) is 0. The van der Waals surface area contributed by atoms with Crippen LogP contribution < -0.4 is 10.6 Å². The molecule has 0 radical (unpaired) electrons. The van der Waals surface area contributed by atoms with Crippen LogP contribution in [0.1, 0.15) is 6.92 Å². The minimum atomic E-state index is -0.236. The lowest BCUT2D eigenvalue weighted by Gasteiger charge is -2.08. The molecule has 6 heteroatoms. The molecule has 0 saturated heterocycles. The van der Waals surface area contributed by atoms with Crippen molar-refractivity contribution in [3.05, 3.63) is 28.2 Å². The highest BCUT2D eigenvalue weighted by Gasteiger charge is 2.01. The predicted molar refractivity (Wildman–Crippen MR) is 66.5 cm³/mol. The molecule has 15 heavy (non-hydrogen) atoms. The molecule has 80 valence electrons. The van der Waals surface area contributed by atoms with Gasteiger partial charge in [0.05, 0.1) is 0 Å². The summed E-state index contributed by atoms with van der Waals surface area (Å²) in [6.07, 6.45) is 0. The number of hydrogen-bond donors (Lipinski definition) is 2. The predicted octanol–water partition coefficient (Wildman–Crippen LogP) is 2.83. The van der Waals surface area contributed by atoms with Crippen molar-refractivity contribution in [2.45, 2.75) is 6.92 Å². The fourth-order valence-electron chi connectivity index (χ4n) is 0.948. The van der Waals surface area contributed by atoms with E-state index in [9.17, 15) is 4.79 Å². The fourth-order valence-corrected chi connectivity index (χ4v) is 1.74. The number of thiocarbonyl (C=S) groups is 1.